The average molecular weight is 258 g/mol. The lowest BCUT2D eigenvalue weighted by molar-refractivity contribution is -0.138. The maximum Gasteiger partial charge on any atom is 0.390 e. The second-order valence-electron chi connectivity index (χ2n) is 3.06. The third-order valence-corrected chi connectivity index (χ3v) is 2.48. The largest absolute Gasteiger partial charge is 0.390 e. The van der Waals surface area contributed by atoms with E-state index in [0.717, 1.165) is 0 Å². The van der Waals surface area contributed by atoms with Gasteiger partial charge in [-0.15, -0.1) is 0 Å². The van der Waals surface area contributed by atoms with Crippen LogP contribution in [0.5, 0.6) is 0 Å². The molecule has 0 bridgehead atoms. The second kappa shape index (κ2) is 4.60. The van der Waals surface area contributed by atoms with Crippen molar-refractivity contribution in [3.05, 3.63) is 33.8 Å². The Bertz CT molecular complexity index is 331. The molecule has 0 saturated heterocycles. The minimum absolute atomic E-state index is 0.137. The highest BCUT2D eigenvalue weighted by Gasteiger charge is 2.32. The maximum atomic E-state index is 12.1. The molecule has 1 rings (SSSR count). The lowest BCUT2D eigenvalue weighted by Crippen LogP contribution is -2.20. The van der Waals surface area contributed by atoms with Crippen molar-refractivity contribution in [1.29, 1.82) is 0 Å². The number of halogens is 5. The van der Waals surface area contributed by atoms with E-state index in [9.17, 15) is 13.2 Å². The minimum atomic E-state index is -4.33. The van der Waals surface area contributed by atoms with Crippen LogP contribution in [0, 0.1) is 0 Å². The number of hydrogen-bond donors (Lipinski definition) is 1. The van der Waals surface area contributed by atoms with Gasteiger partial charge in [-0.1, -0.05) is 29.3 Å². The number of nitrogens with two attached hydrogens (primary N) is 1. The fourth-order valence-electron chi connectivity index (χ4n) is 1.22. The zero-order valence-corrected chi connectivity index (χ0v) is 9.00. The molecule has 1 atom stereocenters. The molecule has 0 heterocycles. The van der Waals surface area contributed by atoms with Crippen molar-refractivity contribution in [3.63, 3.8) is 0 Å². The first-order valence-electron chi connectivity index (χ1n) is 4.07. The van der Waals surface area contributed by atoms with E-state index in [-0.39, 0.29) is 15.6 Å². The summed E-state index contributed by atoms with van der Waals surface area (Å²) in [6.45, 7) is 0. The molecule has 6 heteroatoms. The molecule has 0 amide bonds. The summed E-state index contributed by atoms with van der Waals surface area (Å²) in [5.41, 5.74) is 5.53. The van der Waals surface area contributed by atoms with Crippen LogP contribution in [-0.4, -0.2) is 6.18 Å². The average Bonchev–Trinajstić information content (AvgIpc) is 1.99. The topological polar surface area (TPSA) is 26.0 Å². The Morgan fingerprint density at radius 2 is 1.67 bits per heavy atom. The Labute approximate surface area is 95.0 Å². The number of benzene rings is 1. The van der Waals surface area contributed by atoms with Crippen LogP contribution in [-0.2, 0) is 0 Å². The molecule has 1 aromatic rings. The third kappa shape index (κ3) is 3.55. The van der Waals surface area contributed by atoms with Crippen LogP contribution in [0.3, 0.4) is 0 Å². The SMILES string of the molecule is N[C@@H](CC(F)(F)F)c1c(Cl)cccc1Cl. The highest BCUT2D eigenvalue weighted by molar-refractivity contribution is 6.36. The lowest BCUT2D eigenvalue weighted by atomic mass is 10.0. The van der Waals surface area contributed by atoms with Crippen molar-refractivity contribution in [1.82, 2.24) is 0 Å². The van der Waals surface area contributed by atoms with Crippen LogP contribution < -0.4 is 5.73 Å². The van der Waals surface area contributed by atoms with E-state index in [1.165, 1.54) is 12.1 Å². The van der Waals surface area contributed by atoms with Crippen LogP contribution in [0.1, 0.15) is 18.0 Å². The van der Waals surface area contributed by atoms with Crippen molar-refractivity contribution < 1.29 is 13.2 Å². The summed E-state index contributed by atoms with van der Waals surface area (Å²) < 4.78 is 36.3. The summed E-state index contributed by atoms with van der Waals surface area (Å²) >= 11 is 11.4. The van der Waals surface area contributed by atoms with Gasteiger partial charge in [-0.2, -0.15) is 13.2 Å². The smallest absolute Gasteiger partial charge is 0.324 e. The molecular weight excluding hydrogens is 250 g/mol. The van der Waals surface area contributed by atoms with Crippen molar-refractivity contribution in [2.75, 3.05) is 0 Å². The first-order chi connectivity index (χ1) is 6.81. The molecule has 0 spiro atoms. The summed E-state index contributed by atoms with van der Waals surface area (Å²) in [5, 5.41) is 0.304. The minimum Gasteiger partial charge on any atom is -0.324 e. The van der Waals surface area contributed by atoms with E-state index in [4.69, 9.17) is 28.9 Å². The van der Waals surface area contributed by atoms with Crippen molar-refractivity contribution in [2.24, 2.45) is 5.73 Å². The van der Waals surface area contributed by atoms with E-state index < -0.39 is 18.6 Å². The molecule has 0 radical (unpaired) electrons. The van der Waals surface area contributed by atoms with E-state index in [1.807, 2.05) is 0 Å². The van der Waals surface area contributed by atoms with Crippen LogP contribution in [0.2, 0.25) is 10.0 Å². The van der Waals surface area contributed by atoms with Gasteiger partial charge in [-0.3, -0.25) is 0 Å². The molecule has 0 saturated carbocycles. The van der Waals surface area contributed by atoms with Gasteiger partial charge in [0.2, 0.25) is 0 Å². The Hall–Kier alpha value is -0.450. The normalized spacial score (nSPS) is 14.0. The second-order valence-corrected chi connectivity index (χ2v) is 3.88. The zero-order chi connectivity index (χ0) is 11.6. The Morgan fingerprint density at radius 3 is 2.07 bits per heavy atom. The van der Waals surface area contributed by atoms with Gasteiger partial charge in [-0.25, -0.2) is 0 Å². The van der Waals surface area contributed by atoms with Gasteiger partial charge < -0.3 is 5.73 Å². The van der Waals surface area contributed by atoms with E-state index in [1.54, 1.807) is 6.07 Å². The van der Waals surface area contributed by atoms with E-state index >= 15 is 0 Å². The first kappa shape index (κ1) is 12.6. The van der Waals surface area contributed by atoms with Crippen LogP contribution in [0.15, 0.2) is 18.2 Å². The molecule has 0 aliphatic carbocycles. The summed E-state index contributed by atoms with van der Waals surface area (Å²) in [6.07, 6.45) is -5.47. The maximum absolute atomic E-state index is 12.1. The molecule has 1 nitrogen and oxygen atoms in total. The fourth-order valence-corrected chi connectivity index (χ4v) is 1.89. The summed E-state index contributed by atoms with van der Waals surface area (Å²) in [5.74, 6) is 0. The molecule has 0 aromatic heterocycles. The number of alkyl halides is 3. The summed E-state index contributed by atoms with van der Waals surface area (Å²) in [7, 11) is 0. The third-order valence-electron chi connectivity index (χ3n) is 1.82. The van der Waals surface area contributed by atoms with Crippen LogP contribution in [0.25, 0.3) is 0 Å². The van der Waals surface area contributed by atoms with Gasteiger partial charge in [0.15, 0.2) is 0 Å². The standard InChI is InChI=1S/C9H8Cl2F3N/c10-5-2-1-3-6(11)8(5)7(15)4-9(12,13)14/h1-3,7H,4,15H2/t7-/m0/s1. The van der Waals surface area contributed by atoms with Gasteiger partial charge in [-0.05, 0) is 12.1 Å². The molecule has 0 unspecified atom stereocenters. The van der Waals surface area contributed by atoms with Crippen LogP contribution in [0.4, 0.5) is 13.2 Å². The van der Waals surface area contributed by atoms with E-state index in [2.05, 4.69) is 0 Å². The number of hydrogen-bond acceptors (Lipinski definition) is 1. The van der Waals surface area contributed by atoms with Crippen molar-refractivity contribution in [2.45, 2.75) is 18.6 Å². The van der Waals surface area contributed by atoms with Crippen LogP contribution >= 0.6 is 23.2 Å². The Balaban J connectivity index is 2.96. The molecule has 84 valence electrons. The molecule has 0 aliphatic heterocycles. The lowest BCUT2D eigenvalue weighted by Gasteiger charge is -2.16. The molecule has 0 fully saturated rings. The van der Waals surface area contributed by atoms with Crippen molar-refractivity contribution >= 4 is 23.2 Å². The predicted molar refractivity (Wildman–Crippen MR) is 54.1 cm³/mol. The van der Waals surface area contributed by atoms with Crippen molar-refractivity contribution in [3.8, 4) is 0 Å². The van der Waals surface area contributed by atoms with Gasteiger partial charge in [0, 0.05) is 21.7 Å². The Morgan fingerprint density at radius 1 is 1.20 bits per heavy atom. The molecular formula is C9H8Cl2F3N. The predicted octanol–water partition coefficient (Wildman–Crippen LogP) is 3.95. The van der Waals surface area contributed by atoms with Gasteiger partial charge in [0.1, 0.15) is 0 Å². The molecule has 15 heavy (non-hydrogen) atoms. The summed E-state index contributed by atoms with van der Waals surface area (Å²) in [6, 6.07) is 3.23. The number of rotatable bonds is 2. The van der Waals surface area contributed by atoms with Gasteiger partial charge in [0.25, 0.3) is 0 Å². The highest BCUT2D eigenvalue weighted by Crippen LogP contribution is 2.35. The quantitative estimate of drug-likeness (QED) is 0.853. The molecule has 1 aromatic carbocycles. The van der Waals surface area contributed by atoms with E-state index in [0.29, 0.717) is 0 Å². The fraction of sp³-hybridized carbons (Fsp3) is 0.333. The Kier molecular flexibility index (Phi) is 3.87. The molecule has 2 N–H and O–H groups in total. The monoisotopic (exact) mass is 257 g/mol. The highest BCUT2D eigenvalue weighted by atomic mass is 35.5. The first-order valence-corrected chi connectivity index (χ1v) is 4.83. The van der Waals surface area contributed by atoms with Gasteiger partial charge in [0.05, 0.1) is 6.42 Å². The molecule has 0 aliphatic rings. The summed E-state index contributed by atoms with van der Waals surface area (Å²) in [4.78, 5) is 0. The zero-order valence-electron chi connectivity index (χ0n) is 7.48. The van der Waals surface area contributed by atoms with Gasteiger partial charge >= 0.3 is 6.18 Å².